The first-order valence-corrected chi connectivity index (χ1v) is 7.84. The van der Waals surface area contributed by atoms with Crippen LogP contribution >= 0.6 is 11.6 Å². The molecular formula is C14H19ClN7+. The second-order valence-corrected chi connectivity index (χ2v) is 6.21. The standard InChI is InChI=1S/C14H19ClN7/c1-9(2)20(3)14-10(18-16)8-17-22(14)13-12(15)11-6-4-5-7-21(11)19-13/h8-9H,4-7H2,1-3H3/q+1. The number of nitrogens with zero attached hydrogens (tertiary/aromatic N) is 7. The summed E-state index contributed by atoms with van der Waals surface area (Å²) in [4.78, 5) is 5.31. The van der Waals surface area contributed by atoms with Gasteiger partial charge in [-0.3, -0.25) is 4.68 Å². The second-order valence-electron chi connectivity index (χ2n) is 5.83. The molecule has 116 valence electrons. The average molecular weight is 321 g/mol. The number of hydrogen-bond donors (Lipinski definition) is 0. The SMILES string of the molecule is CC(C)N(C)c1c([N+]#N)cnn1-c1nn2c(c1Cl)CCCC2. The lowest BCUT2D eigenvalue weighted by atomic mass is 10.1. The maximum atomic E-state index is 9.23. The molecule has 3 heterocycles. The number of hydrogen-bond acceptors (Lipinski definition) is 4. The number of anilines is 1. The van der Waals surface area contributed by atoms with Crippen molar-refractivity contribution in [2.24, 2.45) is 0 Å². The van der Waals surface area contributed by atoms with E-state index >= 15 is 0 Å². The summed E-state index contributed by atoms with van der Waals surface area (Å²) in [6.45, 7) is 4.99. The highest BCUT2D eigenvalue weighted by Gasteiger charge is 2.30. The van der Waals surface area contributed by atoms with Crippen LogP contribution in [0.2, 0.25) is 5.02 Å². The van der Waals surface area contributed by atoms with Gasteiger partial charge < -0.3 is 4.90 Å². The minimum absolute atomic E-state index is 0.215. The monoisotopic (exact) mass is 320 g/mol. The van der Waals surface area contributed by atoms with E-state index in [0.717, 1.165) is 31.5 Å². The van der Waals surface area contributed by atoms with Gasteiger partial charge in [0.25, 0.3) is 0 Å². The van der Waals surface area contributed by atoms with Gasteiger partial charge in [0, 0.05) is 19.6 Å². The van der Waals surface area contributed by atoms with Crippen molar-refractivity contribution in [3.63, 3.8) is 0 Å². The Bertz CT molecular complexity index is 737. The van der Waals surface area contributed by atoms with E-state index in [0.29, 0.717) is 22.3 Å². The topological polar surface area (TPSA) is 67.0 Å². The lowest BCUT2D eigenvalue weighted by molar-refractivity contribution is 0.484. The number of aryl methyl sites for hydroxylation is 1. The predicted octanol–water partition coefficient (Wildman–Crippen LogP) is 3.39. The molecule has 7 nitrogen and oxygen atoms in total. The molecular weight excluding hydrogens is 302 g/mol. The zero-order valence-electron chi connectivity index (χ0n) is 13.0. The molecule has 2 aromatic heterocycles. The molecule has 0 fully saturated rings. The van der Waals surface area contributed by atoms with E-state index in [1.165, 1.54) is 6.20 Å². The van der Waals surface area contributed by atoms with Crippen molar-refractivity contribution in [1.82, 2.24) is 19.6 Å². The van der Waals surface area contributed by atoms with Crippen molar-refractivity contribution in [2.75, 3.05) is 11.9 Å². The van der Waals surface area contributed by atoms with E-state index < -0.39 is 0 Å². The summed E-state index contributed by atoms with van der Waals surface area (Å²) in [5.74, 6) is 1.27. The fourth-order valence-electron chi connectivity index (χ4n) is 2.71. The molecule has 0 aromatic carbocycles. The number of diazo groups is 1. The maximum absolute atomic E-state index is 9.23. The number of aromatic nitrogens is 4. The Morgan fingerprint density at radius 2 is 2.18 bits per heavy atom. The zero-order valence-corrected chi connectivity index (χ0v) is 13.7. The third-order valence-corrected chi connectivity index (χ3v) is 4.54. The summed E-state index contributed by atoms with van der Waals surface area (Å²) in [5, 5.41) is 18.8. The van der Waals surface area contributed by atoms with Crippen molar-refractivity contribution in [3.8, 4) is 5.82 Å². The fourth-order valence-corrected chi connectivity index (χ4v) is 3.02. The first-order valence-electron chi connectivity index (χ1n) is 7.46. The molecule has 3 rings (SSSR count). The molecule has 0 radical (unpaired) electrons. The normalized spacial score (nSPS) is 14.0. The predicted molar refractivity (Wildman–Crippen MR) is 85.6 cm³/mol. The van der Waals surface area contributed by atoms with Crippen molar-refractivity contribution < 1.29 is 0 Å². The smallest absolute Gasteiger partial charge is 0.350 e. The van der Waals surface area contributed by atoms with Gasteiger partial charge in [0.1, 0.15) is 11.2 Å². The van der Waals surface area contributed by atoms with Gasteiger partial charge in [0.2, 0.25) is 11.2 Å². The largest absolute Gasteiger partial charge is 0.446 e. The summed E-state index contributed by atoms with van der Waals surface area (Å²) in [5.41, 5.74) is 1.46. The van der Waals surface area contributed by atoms with Gasteiger partial charge in [0.05, 0.1) is 5.69 Å². The highest BCUT2D eigenvalue weighted by Crippen LogP contribution is 2.35. The van der Waals surface area contributed by atoms with E-state index in [1.54, 1.807) is 4.68 Å². The molecule has 0 unspecified atom stereocenters. The molecule has 0 saturated carbocycles. The van der Waals surface area contributed by atoms with Gasteiger partial charge in [-0.05, 0) is 33.1 Å². The van der Waals surface area contributed by atoms with Crippen LogP contribution in [0.15, 0.2) is 6.20 Å². The molecule has 1 aliphatic rings. The van der Waals surface area contributed by atoms with E-state index in [9.17, 15) is 5.39 Å². The van der Waals surface area contributed by atoms with Crippen molar-refractivity contribution in [1.29, 1.82) is 5.39 Å². The van der Waals surface area contributed by atoms with Gasteiger partial charge in [-0.15, -0.1) is 0 Å². The molecule has 0 N–H and O–H groups in total. The minimum Gasteiger partial charge on any atom is -0.350 e. The zero-order chi connectivity index (χ0) is 15.9. The Hall–Kier alpha value is -2.07. The third-order valence-electron chi connectivity index (χ3n) is 4.15. The number of rotatable bonds is 3. The molecule has 0 saturated heterocycles. The van der Waals surface area contributed by atoms with Gasteiger partial charge in [-0.25, -0.2) is 0 Å². The van der Waals surface area contributed by atoms with Crippen LogP contribution in [0.1, 0.15) is 32.4 Å². The Morgan fingerprint density at radius 3 is 2.82 bits per heavy atom. The van der Waals surface area contributed by atoms with Gasteiger partial charge in [0.15, 0.2) is 10.8 Å². The van der Waals surface area contributed by atoms with Crippen LogP contribution in [0, 0.1) is 5.39 Å². The fraction of sp³-hybridized carbons (Fsp3) is 0.571. The number of halogens is 1. The summed E-state index contributed by atoms with van der Waals surface area (Å²) < 4.78 is 3.61. The van der Waals surface area contributed by atoms with Crippen LogP contribution in [0.4, 0.5) is 11.5 Å². The molecule has 8 heteroatoms. The number of fused-ring (bicyclic) bond motifs is 1. The molecule has 0 amide bonds. The van der Waals surface area contributed by atoms with E-state index in [2.05, 4.69) is 29.0 Å². The minimum atomic E-state index is 0.215. The Labute approximate surface area is 134 Å². The highest BCUT2D eigenvalue weighted by molar-refractivity contribution is 6.33. The Balaban J connectivity index is 2.15. The van der Waals surface area contributed by atoms with Crippen molar-refractivity contribution in [3.05, 3.63) is 21.9 Å². The van der Waals surface area contributed by atoms with Crippen molar-refractivity contribution in [2.45, 2.75) is 45.7 Å². The second kappa shape index (κ2) is 5.61. The van der Waals surface area contributed by atoms with Crippen LogP contribution in [0.3, 0.4) is 0 Å². The van der Waals surface area contributed by atoms with E-state index in [-0.39, 0.29) is 6.04 Å². The average Bonchev–Trinajstić information content (AvgIpc) is 3.08. The lowest BCUT2D eigenvalue weighted by Crippen LogP contribution is -2.28. The van der Waals surface area contributed by atoms with Crippen LogP contribution < -0.4 is 4.90 Å². The van der Waals surface area contributed by atoms with Gasteiger partial charge in [-0.2, -0.15) is 14.9 Å². The first-order chi connectivity index (χ1) is 10.5. The van der Waals surface area contributed by atoms with E-state index in [1.807, 2.05) is 16.6 Å². The summed E-state index contributed by atoms with van der Waals surface area (Å²) in [6, 6.07) is 0.215. The first kappa shape index (κ1) is 14.9. The van der Waals surface area contributed by atoms with Gasteiger partial charge in [-0.1, -0.05) is 11.6 Å². The molecule has 0 spiro atoms. The Kier molecular flexibility index (Phi) is 3.79. The van der Waals surface area contributed by atoms with Gasteiger partial charge >= 0.3 is 5.69 Å². The van der Waals surface area contributed by atoms with Crippen LogP contribution in [-0.2, 0) is 13.0 Å². The molecule has 1 aliphatic heterocycles. The Morgan fingerprint density at radius 1 is 1.41 bits per heavy atom. The molecule has 0 aliphatic carbocycles. The molecule has 0 atom stereocenters. The lowest BCUT2D eigenvalue weighted by Gasteiger charge is -2.21. The molecule has 2 aromatic rings. The molecule has 22 heavy (non-hydrogen) atoms. The van der Waals surface area contributed by atoms with Crippen LogP contribution in [-0.4, -0.2) is 32.7 Å². The van der Waals surface area contributed by atoms with Crippen molar-refractivity contribution >= 4 is 23.1 Å². The van der Waals surface area contributed by atoms with Crippen LogP contribution in [0.25, 0.3) is 10.8 Å². The quantitative estimate of drug-likeness (QED) is 0.813. The third kappa shape index (κ3) is 2.24. The van der Waals surface area contributed by atoms with E-state index in [4.69, 9.17) is 11.6 Å². The maximum Gasteiger partial charge on any atom is 0.446 e. The molecule has 0 bridgehead atoms. The van der Waals surface area contributed by atoms with Crippen LogP contribution in [0.5, 0.6) is 0 Å². The summed E-state index contributed by atoms with van der Waals surface area (Å²) in [7, 11) is 1.93. The summed E-state index contributed by atoms with van der Waals surface area (Å²) in [6.07, 6.45) is 4.68. The summed E-state index contributed by atoms with van der Waals surface area (Å²) >= 11 is 6.53. The highest BCUT2D eigenvalue weighted by atomic mass is 35.5.